The van der Waals surface area contributed by atoms with Gasteiger partial charge in [0.2, 0.25) is 0 Å². The third kappa shape index (κ3) is 1.70. The third-order valence-electron chi connectivity index (χ3n) is 1.92. The van der Waals surface area contributed by atoms with Gasteiger partial charge in [0.05, 0.1) is 15.9 Å². The van der Waals surface area contributed by atoms with Crippen molar-refractivity contribution < 1.29 is 0 Å². The molecule has 0 spiro atoms. The molecule has 0 aromatic carbocycles. The van der Waals surface area contributed by atoms with Crippen LogP contribution in [0.2, 0.25) is 0 Å². The van der Waals surface area contributed by atoms with Gasteiger partial charge in [-0.25, -0.2) is 9.97 Å². The first kappa shape index (κ1) is 8.63. The van der Waals surface area contributed by atoms with Crippen LogP contribution in [0.1, 0.15) is 19.5 Å². The van der Waals surface area contributed by atoms with Crippen molar-refractivity contribution in [1.82, 2.24) is 9.97 Å². The summed E-state index contributed by atoms with van der Waals surface area (Å²) in [5.74, 6) is 0.653. The van der Waals surface area contributed by atoms with E-state index in [-0.39, 0.29) is 0 Å². The number of rotatable bonds is 2. The van der Waals surface area contributed by atoms with E-state index in [0.717, 1.165) is 11.9 Å². The highest BCUT2D eigenvalue weighted by Gasteiger charge is 2.06. The second-order valence-electron chi connectivity index (χ2n) is 3.55. The lowest BCUT2D eigenvalue weighted by Crippen LogP contribution is -1.97. The highest BCUT2D eigenvalue weighted by Crippen LogP contribution is 2.22. The summed E-state index contributed by atoms with van der Waals surface area (Å²) in [5.41, 5.74) is 2.27. The summed E-state index contributed by atoms with van der Waals surface area (Å²) < 4.78 is 1.25. The van der Waals surface area contributed by atoms with Gasteiger partial charge in [0.1, 0.15) is 6.33 Å². The molecule has 0 saturated heterocycles. The number of aromatic nitrogens is 2. The number of nitrogens with zero attached hydrogens (tertiary/aromatic N) is 2. The zero-order chi connectivity index (χ0) is 9.26. The predicted octanol–water partition coefficient (Wildman–Crippen LogP) is 2.89. The summed E-state index contributed by atoms with van der Waals surface area (Å²) in [6, 6.07) is 2.05. The SMILES string of the molecule is CC(C)Cc1ncnc2ccsc12. The van der Waals surface area contributed by atoms with Crippen LogP contribution in [0.3, 0.4) is 0 Å². The molecule has 0 bridgehead atoms. The van der Waals surface area contributed by atoms with Crippen LogP contribution in [0.25, 0.3) is 10.2 Å². The van der Waals surface area contributed by atoms with Gasteiger partial charge in [-0.05, 0) is 23.8 Å². The van der Waals surface area contributed by atoms with Gasteiger partial charge < -0.3 is 0 Å². The first-order valence-electron chi connectivity index (χ1n) is 4.44. The van der Waals surface area contributed by atoms with Gasteiger partial charge in [0.15, 0.2) is 0 Å². The van der Waals surface area contributed by atoms with Crippen molar-refractivity contribution >= 4 is 21.6 Å². The Morgan fingerprint density at radius 3 is 3.00 bits per heavy atom. The average Bonchev–Trinajstić information content (AvgIpc) is 2.51. The van der Waals surface area contributed by atoms with E-state index in [9.17, 15) is 0 Å². The molecule has 0 N–H and O–H groups in total. The standard InChI is InChI=1S/C10H12N2S/c1-7(2)5-9-10-8(3-4-13-10)11-6-12-9/h3-4,6-7H,5H2,1-2H3. The number of hydrogen-bond donors (Lipinski definition) is 0. The molecule has 2 rings (SSSR count). The maximum Gasteiger partial charge on any atom is 0.116 e. The number of thiophene rings is 1. The molecule has 0 aliphatic rings. The quantitative estimate of drug-likeness (QED) is 0.731. The van der Waals surface area contributed by atoms with Crippen molar-refractivity contribution in [1.29, 1.82) is 0 Å². The topological polar surface area (TPSA) is 25.8 Å². The van der Waals surface area contributed by atoms with E-state index in [1.807, 2.05) is 6.07 Å². The van der Waals surface area contributed by atoms with Crippen LogP contribution in [0, 0.1) is 5.92 Å². The summed E-state index contributed by atoms with van der Waals surface area (Å²) in [4.78, 5) is 8.53. The highest BCUT2D eigenvalue weighted by molar-refractivity contribution is 7.17. The van der Waals surface area contributed by atoms with Crippen LogP contribution in [0.5, 0.6) is 0 Å². The minimum Gasteiger partial charge on any atom is -0.240 e. The number of hydrogen-bond acceptors (Lipinski definition) is 3. The molecule has 3 heteroatoms. The molecule has 0 aliphatic heterocycles. The maximum atomic E-state index is 4.32. The van der Waals surface area contributed by atoms with Gasteiger partial charge in [-0.3, -0.25) is 0 Å². The Kier molecular flexibility index (Phi) is 2.27. The van der Waals surface area contributed by atoms with Gasteiger partial charge in [-0.15, -0.1) is 11.3 Å². The Morgan fingerprint density at radius 1 is 1.38 bits per heavy atom. The lowest BCUT2D eigenvalue weighted by atomic mass is 10.1. The van der Waals surface area contributed by atoms with E-state index in [1.54, 1.807) is 17.7 Å². The van der Waals surface area contributed by atoms with Crippen molar-refractivity contribution in [3.05, 3.63) is 23.5 Å². The largest absolute Gasteiger partial charge is 0.240 e. The molecule has 0 aliphatic carbocycles. The van der Waals surface area contributed by atoms with Crippen LogP contribution in [-0.2, 0) is 6.42 Å². The van der Waals surface area contributed by atoms with Gasteiger partial charge in [0, 0.05) is 0 Å². The minimum atomic E-state index is 0.653. The van der Waals surface area contributed by atoms with Gasteiger partial charge in [-0.2, -0.15) is 0 Å². The van der Waals surface area contributed by atoms with Crippen molar-refractivity contribution in [2.24, 2.45) is 5.92 Å². The van der Waals surface area contributed by atoms with E-state index < -0.39 is 0 Å². The fourth-order valence-electron chi connectivity index (χ4n) is 1.37. The molecule has 0 unspecified atom stereocenters. The third-order valence-corrected chi connectivity index (χ3v) is 2.87. The molecule has 13 heavy (non-hydrogen) atoms. The molecule has 0 amide bonds. The lowest BCUT2D eigenvalue weighted by Gasteiger charge is -2.03. The van der Waals surface area contributed by atoms with Crippen LogP contribution in [0.15, 0.2) is 17.8 Å². The number of fused-ring (bicyclic) bond motifs is 1. The van der Waals surface area contributed by atoms with Gasteiger partial charge >= 0.3 is 0 Å². The first-order valence-corrected chi connectivity index (χ1v) is 5.32. The van der Waals surface area contributed by atoms with E-state index in [0.29, 0.717) is 5.92 Å². The lowest BCUT2D eigenvalue weighted by molar-refractivity contribution is 0.638. The van der Waals surface area contributed by atoms with Crippen molar-refractivity contribution in [3.63, 3.8) is 0 Å². The summed E-state index contributed by atoms with van der Waals surface area (Å²) in [6.45, 7) is 4.42. The van der Waals surface area contributed by atoms with Crippen molar-refractivity contribution in [2.75, 3.05) is 0 Å². The highest BCUT2D eigenvalue weighted by atomic mass is 32.1. The monoisotopic (exact) mass is 192 g/mol. The minimum absolute atomic E-state index is 0.653. The Bertz CT molecular complexity index is 406. The van der Waals surface area contributed by atoms with Crippen molar-refractivity contribution in [2.45, 2.75) is 20.3 Å². The molecule has 0 atom stereocenters. The van der Waals surface area contributed by atoms with Crippen LogP contribution < -0.4 is 0 Å². The molecule has 2 heterocycles. The molecule has 0 fully saturated rings. The molecular weight excluding hydrogens is 180 g/mol. The second-order valence-corrected chi connectivity index (χ2v) is 4.47. The Hall–Kier alpha value is -0.960. The van der Waals surface area contributed by atoms with Crippen molar-refractivity contribution in [3.8, 4) is 0 Å². The maximum absolute atomic E-state index is 4.32. The van der Waals surface area contributed by atoms with Gasteiger partial charge in [0.25, 0.3) is 0 Å². The summed E-state index contributed by atoms with van der Waals surface area (Å²) in [5, 5.41) is 2.07. The van der Waals surface area contributed by atoms with E-state index in [1.165, 1.54) is 10.4 Å². The summed E-state index contributed by atoms with van der Waals surface area (Å²) in [6.07, 6.45) is 2.70. The van der Waals surface area contributed by atoms with Crippen LogP contribution in [-0.4, -0.2) is 9.97 Å². The first-order chi connectivity index (χ1) is 6.27. The second kappa shape index (κ2) is 3.42. The zero-order valence-electron chi connectivity index (χ0n) is 7.82. The molecule has 2 aromatic rings. The predicted molar refractivity (Wildman–Crippen MR) is 56.0 cm³/mol. The molecule has 68 valence electrons. The average molecular weight is 192 g/mol. The molecule has 2 aromatic heterocycles. The molecular formula is C10H12N2S. The Morgan fingerprint density at radius 2 is 2.23 bits per heavy atom. The van der Waals surface area contributed by atoms with E-state index >= 15 is 0 Å². The summed E-state index contributed by atoms with van der Waals surface area (Å²) >= 11 is 1.73. The Labute approximate surface area is 81.7 Å². The fraction of sp³-hybridized carbons (Fsp3) is 0.400. The normalized spacial score (nSPS) is 11.3. The van der Waals surface area contributed by atoms with E-state index in [2.05, 4.69) is 29.2 Å². The fourth-order valence-corrected chi connectivity index (χ4v) is 2.22. The Balaban J connectivity index is 2.48. The summed E-state index contributed by atoms with van der Waals surface area (Å²) in [7, 11) is 0. The molecule has 0 saturated carbocycles. The van der Waals surface area contributed by atoms with E-state index in [4.69, 9.17) is 0 Å². The molecule has 2 nitrogen and oxygen atoms in total. The zero-order valence-corrected chi connectivity index (χ0v) is 8.64. The smallest absolute Gasteiger partial charge is 0.116 e. The molecule has 0 radical (unpaired) electrons. The van der Waals surface area contributed by atoms with Gasteiger partial charge in [-0.1, -0.05) is 13.8 Å². The van der Waals surface area contributed by atoms with Crippen LogP contribution >= 0.6 is 11.3 Å². The van der Waals surface area contributed by atoms with Crippen LogP contribution in [0.4, 0.5) is 0 Å².